The molecule has 0 bridgehead atoms. The van der Waals surface area contributed by atoms with Gasteiger partial charge in [0.25, 0.3) is 5.91 Å². The minimum absolute atomic E-state index is 0.0261. The summed E-state index contributed by atoms with van der Waals surface area (Å²) in [4.78, 5) is 12.7. The van der Waals surface area contributed by atoms with Crippen molar-refractivity contribution in [2.75, 3.05) is 0 Å². The van der Waals surface area contributed by atoms with E-state index in [0.29, 0.717) is 24.1 Å². The summed E-state index contributed by atoms with van der Waals surface area (Å²) >= 11 is 0. The van der Waals surface area contributed by atoms with Crippen LogP contribution in [-0.2, 0) is 11.0 Å². The van der Waals surface area contributed by atoms with E-state index in [0.717, 1.165) is 24.8 Å². The lowest BCUT2D eigenvalue weighted by molar-refractivity contribution is 0.0928. The van der Waals surface area contributed by atoms with E-state index in [1.165, 1.54) is 0 Å². The first-order valence-corrected chi connectivity index (χ1v) is 14.3. The Labute approximate surface area is 195 Å². The molecular formula is C24H32N4O4Si. The van der Waals surface area contributed by atoms with Gasteiger partial charge in [0.05, 0.1) is 0 Å². The number of rotatable bonds is 7. The van der Waals surface area contributed by atoms with Gasteiger partial charge in [-0.2, -0.15) is 0 Å². The van der Waals surface area contributed by atoms with Crippen LogP contribution in [-0.4, -0.2) is 35.6 Å². The summed E-state index contributed by atoms with van der Waals surface area (Å²) in [7, 11) is -1.88. The summed E-state index contributed by atoms with van der Waals surface area (Å²) in [6.07, 6.45) is 2.47. The number of benzene rings is 1. The summed E-state index contributed by atoms with van der Waals surface area (Å²) in [5, 5.41) is 15.5. The Balaban J connectivity index is 1.30. The predicted octanol–water partition coefficient (Wildman–Crippen LogP) is 5.31. The van der Waals surface area contributed by atoms with Gasteiger partial charge in [0.15, 0.2) is 19.8 Å². The molecule has 1 saturated carbocycles. The van der Waals surface area contributed by atoms with Gasteiger partial charge in [-0.1, -0.05) is 56.3 Å². The fourth-order valence-electron chi connectivity index (χ4n) is 3.67. The first-order valence-electron chi connectivity index (χ1n) is 11.4. The van der Waals surface area contributed by atoms with Crippen molar-refractivity contribution >= 4 is 14.2 Å². The van der Waals surface area contributed by atoms with Crippen LogP contribution in [0.2, 0.25) is 18.1 Å². The van der Waals surface area contributed by atoms with E-state index in [1.807, 2.05) is 30.3 Å². The molecule has 8 nitrogen and oxygen atoms in total. The van der Waals surface area contributed by atoms with E-state index < -0.39 is 8.32 Å². The average molecular weight is 469 g/mol. The molecule has 1 fully saturated rings. The fraction of sp³-hybridized carbons (Fsp3) is 0.500. The maximum Gasteiger partial charge on any atom is 0.273 e. The zero-order chi connectivity index (χ0) is 23.6. The second-order valence-electron chi connectivity index (χ2n) is 10.2. The zero-order valence-corrected chi connectivity index (χ0v) is 20.9. The molecule has 2 unspecified atom stereocenters. The van der Waals surface area contributed by atoms with Crippen LogP contribution in [0.4, 0.5) is 0 Å². The number of hydrogen-bond donors (Lipinski definition) is 1. The topological polar surface area (TPSA) is 103 Å². The summed E-state index contributed by atoms with van der Waals surface area (Å²) in [6.45, 7) is 11.3. The molecule has 0 aliphatic heterocycles. The first-order chi connectivity index (χ1) is 15.6. The molecule has 2 heterocycles. The SMILES string of the molecule is CC(C)(C)[Si](C)(C)OCc1nnc(C2CCC(NC(=O)c3cc(-c4ccccc4)on3)C2)o1. The van der Waals surface area contributed by atoms with Crippen molar-refractivity contribution < 1.29 is 18.2 Å². The molecule has 33 heavy (non-hydrogen) atoms. The number of nitrogens with one attached hydrogen (secondary N) is 1. The summed E-state index contributed by atoms with van der Waals surface area (Å²) in [6, 6.07) is 11.3. The van der Waals surface area contributed by atoms with Gasteiger partial charge >= 0.3 is 0 Å². The smallest absolute Gasteiger partial charge is 0.273 e. The molecule has 2 atom stereocenters. The Kier molecular flexibility index (Phi) is 6.53. The third-order valence-corrected chi connectivity index (χ3v) is 11.2. The standard InChI is InChI=1S/C24H32N4O4Si/c1-24(2,3)33(4,5)30-15-21-26-27-23(31-21)17-11-12-18(13-17)25-22(29)19-14-20(32-28-19)16-9-7-6-8-10-16/h6-10,14,17-18H,11-13,15H2,1-5H3,(H,25,29). The van der Waals surface area contributed by atoms with Crippen LogP contribution < -0.4 is 5.32 Å². The molecule has 0 spiro atoms. The summed E-state index contributed by atoms with van der Waals surface area (Å²) in [5.74, 6) is 1.59. The van der Waals surface area contributed by atoms with E-state index in [1.54, 1.807) is 6.07 Å². The van der Waals surface area contributed by atoms with Crippen LogP contribution in [0.1, 0.15) is 68.2 Å². The molecule has 9 heteroatoms. The van der Waals surface area contributed by atoms with Gasteiger partial charge < -0.3 is 18.7 Å². The van der Waals surface area contributed by atoms with Crippen LogP contribution >= 0.6 is 0 Å². The van der Waals surface area contributed by atoms with Gasteiger partial charge in [-0.3, -0.25) is 4.79 Å². The second-order valence-corrected chi connectivity index (χ2v) is 15.0. The van der Waals surface area contributed by atoms with Crippen molar-refractivity contribution in [3.63, 3.8) is 0 Å². The number of aromatic nitrogens is 3. The number of nitrogens with zero attached hydrogens (tertiary/aromatic N) is 3. The van der Waals surface area contributed by atoms with Crippen molar-refractivity contribution in [2.24, 2.45) is 0 Å². The lowest BCUT2D eigenvalue weighted by atomic mass is 10.1. The van der Waals surface area contributed by atoms with E-state index in [4.69, 9.17) is 13.4 Å². The van der Waals surface area contributed by atoms with Crippen LogP contribution in [0.5, 0.6) is 0 Å². The van der Waals surface area contributed by atoms with Crippen LogP contribution in [0, 0.1) is 0 Å². The van der Waals surface area contributed by atoms with E-state index >= 15 is 0 Å². The van der Waals surface area contributed by atoms with Crippen molar-refractivity contribution in [3.05, 3.63) is 53.9 Å². The Morgan fingerprint density at radius 2 is 1.94 bits per heavy atom. The van der Waals surface area contributed by atoms with Gasteiger partial charge in [-0.05, 0) is 37.4 Å². The molecule has 176 valence electrons. The third kappa shape index (κ3) is 5.42. The molecular weight excluding hydrogens is 436 g/mol. The van der Waals surface area contributed by atoms with Gasteiger partial charge in [0.1, 0.15) is 6.61 Å². The Morgan fingerprint density at radius 3 is 2.67 bits per heavy atom. The first kappa shape index (κ1) is 23.4. The molecule has 0 saturated heterocycles. The normalized spacial score (nSPS) is 19.1. The minimum Gasteiger partial charge on any atom is -0.423 e. The lowest BCUT2D eigenvalue weighted by Crippen LogP contribution is -2.40. The zero-order valence-electron chi connectivity index (χ0n) is 19.9. The summed E-state index contributed by atoms with van der Waals surface area (Å²) < 4.78 is 17.4. The van der Waals surface area contributed by atoms with Crippen LogP contribution in [0.25, 0.3) is 11.3 Å². The van der Waals surface area contributed by atoms with Gasteiger partial charge in [0.2, 0.25) is 11.8 Å². The van der Waals surface area contributed by atoms with Crippen LogP contribution in [0.3, 0.4) is 0 Å². The fourth-order valence-corrected chi connectivity index (χ4v) is 4.58. The minimum atomic E-state index is -1.88. The van der Waals surface area contributed by atoms with E-state index in [-0.39, 0.29) is 28.6 Å². The Morgan fingerprint density at radius 1 is 1.18 bits per heavy atom. The molecule has 1 amide bonds. The molecule has 1 aliphatic carbocycles. The van der Waals surface area contributed by atoms with Crippen molar-refractivity contribution in [2.45, 2.75) is 76.7 Å². The molecule has 4 rings (SSSR count). The Hall–Kier alpha value is -2.78. The van der Waals surface area contributed by atoms with Crippen LogP contribution in [0.15, 0.2) is 45.3 Å². The maximum atomic E-state index is 12.7. The van der Waals surface area contributed by atoms with Gasteiger partial charge in [-0.15, -0.1) is 10.2 Å². The number of hydrogen-bond acceptors (Lipinski definition) is 7. The summed E-state index contributed by atoms with van der Waals surface area (Å²) in [5.41, 5.74) is 1.16. The maximum absolute atomic E-state index is 12.7. The largest absolute Gasteiger partial charge is 0.423 e. The highest BCUT2D eigenvalue weighted by Gasteiger charge is 2.38. The number of carbonyl (C=O) groups excluding carboxylic acids is 1. The molecule has 1 aliphatic rings. The second kappa shape index (κ2) is 9.22. The monoisotopic (exact) mass is 468 g/mol. The predicted molar refractivity (Wildman–Crippen MR) is 126 cm³/mol. The Bertz CT molecular complexity index is 1090. The van der Waals surface area contributed by atoms with Gasteiger partial charge in [-0.25, -0.2) is 0 Å². The highest BCUT2D eigenvalue weighted by atomic mass is 28.4. The van der Waals surface area contributed by atoms with Gasteiger partial charge in [0, 0.05) is 23.6 Å². The van der Waals surface area contributed by atoms with Crippen molar-refractivity contribution in [1.82, 2.24) is 20.7 Å². The lowest BCUT2D eigenvalue weighted by Gasteiger charge is -2.35. The average Bonchev–Trinajstić information content (AvgIpc) is 3.52. The molecule has 2 aromatic heterocycles. The number of amides is 1. The van der Waals surface area contributed by atoms with Crippen molar-refractivity contribution in [1.29, 1.82) is 0 Å². The van der Waals surface area contributed by atoms with E-state index in [9.17, 15) is 4.79 Å². The molecule has 0 radical (unpaired) electrons. The van der Waals surface area contributed by atoms with Crippen molar-refractivity contribution in [3.8, 4) is 11.3 Å². The number of carbonyl (C=O) groups is 1. The molecule has 1 aromatic carbocycles. The highest BCUT2D eigenvalue weighted by Crippen LogP contribution is 2.37. The molecule has 1 N–H and O–H groups in total. The quantitative estimate of drug-likeness (QED) is 0.468. The molecule has 3 aromatic rings. The highest BCUT2D eigenvalue weighted by molar-refractivity contribution is 6.74. The van der Waals surface area contributed by atoms with E-state index in [2.05, 4.69) is 54.5 Å². The third-order valence-electron chi connectivity index (χ3n) is 6.76.